The first-order valence-corrected chi connectivity index (χ1v) is 5.35. The van der Waals surface area contributed by atoms with Crippen molar-refractivity contribution in [2.24, 2.45) is 0 Å². The van der Waals surface area contributed by atoms with Crippen LogP contribution in [-0.4, -0.2) is 39.4 Å². The van der Waals surface area contributed by atoms with Crippen molar-refractivity contribution in [3.63, 3.8) is 0 Å². The van der Waals surface area contributed by atoms with Gasteiger partial charge in [0.05, 0.1) is 39.0 Å². The van der Waals surface area contributed by atoms with Crippen LogP contribution in [0.25, 0.3) is 0 Å². The Kier molecular flexibility index (Phi) is 3.49. The molecule has 1 aromatic rings. The fraction of sp³-hybridized carbons (Fsp3) is 0.417. The van der Waals surface area contributed by atoms with E-state index in [9.17, 15) is 4.79 Å². The van der Waals surface area contributed by atoms with E-state index in [4.69, 9.17) is 14.2 Å². The number of ether oxygens (including phenoxy) is 3. The Morgan fingerprint density at radius 1 is 1.35 bits per heavy atom. The molecule has 0 aliphatic carbocycles. The highest BCUT2D eigenvalue weighted by Gasteiger charge is 2.22. The minimum atomic E-state index is -0.155. The van der Waals surface area contributed by atoms with E-state index in [-0.39, 0.29) is 11.9 Å². The van der Waals surface area contributed by atoms with Crippen LogP contribution in [0.15, 0.2) is 18.2 Å². The fourth-order valence-corrected chi connectivity index (χ4v) is 1.57. The van der Waals surface area contributed by atoms with Gasteiger partial charge in [0.1, 0.15) is 11.5 Å². The van der Waals surface area contributed by atoms with E-state index in [0.717, 1.165) is 0 Å². The van der Waals surface area contributed by atoms with Gasteiger partial charge < -0.3 is 19.5 Å². The number of carbonyl (C=O) groups excluding carboxylic acids is 1. The van der Waals surface area contributed by atoms with E-state index in [1.807, 2.05) is 0 Å². The third-order valence-electron chi connectivity index (χ3n) is 2.63. The molecule has 1 saturated heterocycles. The Bertz CT molecular complexity index is 415. The van der Waals surface area contributed by atoms with Crippen molar-refractivity contribution >= 4 is 5.91 Å². The minimum Gasteiger partial charge on any atom is -0.497 e. The molecule has 0 spiro atoms. The number of hydrogen-bond donors (Lipinski definition) is 1. The summed E-state index contributed by atoms with van der Waals surface area (Å²) >= 11 is 0. The third kappa shape index (κ3) is 2.50. The van der Waals surface area contributed by atoms with E-state index in [1.54, 1.807) is 25.3 Å². The molecular weight excluding hydrogens is 222 g/mol. The van der Waals surface area contributed by atoms with Crippen molar-refractivity contribution in [1.82, 2.24) is 5.32 Å². The Morgan fingerprint density at radius 3 is 2.65 bits per heavy atom. The summed E-state index contributed by atoms with van der Waals surface area (Å²) in [6, 6.07) is 5.21. The van der Waals surface area contributed by atoms with Gasteiger partial charge in [-0.2, -0.15) is 0 Å². The van der Waals surface area contributed by atoms with E-state index >= 15 is 0 Å². The normalized spacial score (nSPS) is 14.9. The monoisotopic (exact) mass is 237 g/mol. The lowest BCUT2D eigenvalue weighted by molar-refractivity contribution is -0.00350. The first-order valence-electron chi connectivity index (χ1n) is 5.35. The molecule has 1 aliphatic rings. The molecule has 1 aromatic carbocycles. The molecule has 0 bridgehead atoms. The lowest BCUT2D eigenvalue weighted by Crippen LogP contribution is -2.48. The van der Waals surface area contributed by atoms with Gasteiger partial charge in [-0.05, 0) is 12.1 Å². The molecule has 1 fully saturated rings. The number of carbonyl (C=O) groups is 1. The highest BCUT2D eigenvalue weighted by atomic mass is 16.5. The molecule has 2 rings (SSSR count). The fourth-order valence-electron chi connectivity index (χ4n) is 1.57. The molecule has 0 unspecified atom stereocenters. The van der Waals surface area contributed by atoms with Crippen LogP contribution in [0.1, 0.15) is 10.4 Å². The summed E-state index contributed by atoms with van der Waals surface area (Å²) in [5.41, 5.74) is 0.500. The zero-order chi connectivity index (χ0) is 12.3. The van der Waals surface area contributed by atoms with E-state index in [2.05, 4.69) is 5.32 Å². The van der Waals surface area contributed by atoms with Gasteiger partial charge in [0, 0.05) is 6.07 Å². The molecule has 17 heavy (non-hydrogen) atoms. The van der Waals surface area contributed by atoms with Crippen LogP contribution in [0.4, 0.5) is 0 Å². The van der Waals surface area contributed by atoms with Gasteiger partial charge in [-0.3, -0.25) is 4.79 Å². The standard InChI is InChI=1S/C12H15NO4/c1-15-9-3-4-10(11(5-9)16-2)12(14)13-8-6-17-7-8/h3-5,8H,6-7H2,1-2H3,(H,13,14). The lowest BCUT2D eigenvalue weighted by atomic mass is 10.1. The third-order valence-corrected chi connectivity index (χ3v) is 2.63. The zero-order valence-electron chi connectivity index (χ0n) is 9.86. The molecule has 0 atom stereocenters. The molecule has 5 nitrogen and oxygen atoms in total. The van der Waals surface area contributed by atoms with Gasteiger partial charge >= 0.3 is 0 Å². The largest absolute Gasteiger partial charge is 0.497 e. The summed E-state index contributed by atoms with van der Waals surface area (Å²) in [6.07, 6.45) is 0. The lowest BCUT2D eigenvalue weighted by Gasteiger charge is -2.27. The summed E-state index contributed by atoms with van der Waals surface area (Å²) < 4.78 is 15.2. The number of hydrogen-bond acceptors (Lipinski definition) is 4. The maximum atomic E-state index is 11.9. The van der Waals surface area contributed by atoms with Crippen molar-refractivity contribution in [1.29, 1.82) is 0 Å². The maximum Gasteiger partial charge on any atom is 0.255 e. The molecule has 0 aromatic heterocycles. The summed E-state index contributed by atoms with van der Waals surface area (Å²) in [7, 11) is 3.10. The van der Waals surface area contributed by atoms with Gasteiger partial charge in [-0.25, -0.2) is 0 Å². The van der Waals surface area contributed by atoms with Gasteiger partial charge in [-0.15, -0.1) is 0 Å². The SMILES string of the molecule is COc1ccc(C(=O)NC2COC2)c(OC)c1. The number of benzene rings is 1. The average Bonchev–Trinajstić information content (AvgIpc) is 2.32. The van der Waals surface area contributed by atoms with Crippen LogP contribution in [0.3, 0.4) is 0 Å². The van der Waals surface area contributed by atoms with Crippen molar-refractivity contribution in [2.75, 3.05) is 27.4 Å². The van der Waals surface area contributed by atoms with Crippen molar-refractivity contribution < 1.29 is 19.0 Å². The molecule has 1 heterocycles. The summed E-state index contributed by atoms with van der Waals surface area (Å²) in [6.45, 7) is 1.15. The van der Waals surface area contributed by atoms with Crippen LogP contribution < -0.4 is 14.8 Å². The molecule has 5 heteroatoms. The van der Waals surface area contributed by atoms with Crippen LogP contribution in [0, 0.1) is 0 Å². The van der Waals surface area contributed by atoms with E-state index < -0.39 is 0 Å². The average molecular weight is 237 g/mol. The van der Waals surface area contributed by atoms with Crippen LogP contribution in [-0.2, 0) is 4.74 Å². The second-order valence-corrected chi connectivity index (χ2v) is 3.77. The van der Waals surface area contributed by atoms with Gasteiger partial charge in [0.2, 0.25) is 0 Å². The Morgan fingerprint density at radius 2 is 2.12 bits per heavy atom. The number of methoxy groups -OCH3 is 2. The quantitative estimate of drug-likeness (QED) is 0.842. The van der Waals surface area contributed by atoms with Gasteiger partial charge in [-0.1, -0.05) is 0 Å². The molecule has 0 radical (unpaired) electrons. The Balaban J connectivity index is 2.15. The molecular formula is C12H15NO4. The summed E-state index contributed by atoms with van der Waals surface area (Å²) in [4.78, 5) is 11.9. The van der Waals surface area contributed by atoms with Crippen LogP contribution in [0.5, 0.6) is 11.5 Å². The number of nitrogens with one attached hydrogen (secondary N) is 1. The van der Waals surface area contributed by atoms with Gasteiger partial charge in [0.25, 0.3) is 5.91 Å². The molecule has 1 aliphatic heterocycles. The maximum absolute atomic E-state index is 11.9. The summed E-state index contributed by atoms with van der Waals surface area (Å²) in [5, 5.41) is 2.86. The van der Waals surface area contributed by atoms with E-state index in [1.165, 1.54) is 7.11 Å². The molecule has 1 amide bonds. The van der Waals surface area contributed by atoms with Crippen molar-refractivity contribution in [3.05, 3.63) is 23.8 Å². The zero-order valence-corrected chi connectivity index (χ0v) is 9.86. The second-order valence-electron chi connectivity index (χ2n) is 3.77. The topological polar surface area (TPSA) is 56.8 Å². The highest BCUT2D eigenvalue weighted by molar-refractivity contribution is 5.97. The molecule has 1 N–H and O–H groups in total. The minimum absolute atomic E-state index is 0.106. The highest BCUT2D eigenvalue weighted by Crippen LogP contribution is 2.24. The van der Waals surface area contributed by atoms with Crippen LogP contribution in [0.2, 0.25) is 0 Å². The first kappa shape index (κ1) is 11.7. The second kappa shape index (κ2) is 5.05. The predicted molar refractivity (Wildman–Crippen MR) is 61.6 cm³/mol. The van der Waals surface area contributed by atoms with Crippen molar-refractivity contribution in [2.45, 2.75) is 6.04 Å². The first-order chi connectivity index (χ1) is 8.24. The van der Waals surface area contributed by atoms with Crippen LogP contribution >= 0.6 is 0 Å². The Labute approximate surface area is 99.7 Å². The predicted octanol–water partition coefficient (Wildman–Crippen LogP) is 0.832. The molecule has 0 saturated carbocycles. The summed E-state index contributed by atoms with van der Waals surface area (Å²) in [5.74, 6) is 1.00. The number of amides is 1. The number of rotatable bonds is 4. The smallest absolute Gasteiger partial charge is 0.255 e. The van der Waals surface area contributed by atoms with E-state index in [0.29, 0.717) is 30.3 Å². The van der Waals surface area contributed by atoms with Gasteiger partial charge in [0.15, 0.2) is 0 Å². The van der Waals surface area contributed by atoms with Crippen molar-refractivity contribution in [3.8, 4) is 11.5 Å². The Hall–Kier alpha value is -1.75. The molecule has 92 valence electrons.